The van der Waals surface area contributed by atoms with E-state index >= 15 is 0 Å². The topological polar surface area (TPSA) is 35.5 Å². The zero-order valence-electron chi connectivity index (χ0n) is 5.00. The summed E-state index contributed by atoms with van der Waals surface area (Å²) in [6.45, 7) is 0.471. The van der Waals surface area contributed by atoms with E-state index in [1.54, 1.807) is 0 Å². The van der Waals surface area contributed by atoms with Crippen LogP contribution in [0.3, 0.4) is 0 Å². The van der Waals surface area contributed by atoms with E-state index in [0.717, 1.165) is 0 Å². The van der Waals surface area contributed by atoms with Crippen LogP contribution in [0.1, 0.15) is 6.42 Å². The molecule has 1 unspecified atom stereocenters. The van der Waals surface area contributed by atoms with Crippen LogP contribution in [0, 0.1) is 7.11 Å². The van der Waals surface area contributed by atoms with Gasteiger partial charge in [0.1, 0.15) is 6.10 Å². The quantitative estimate of drug-likeness (QED) is 0.403. The fourth-order valence-corrected chi connectivity index (χ4v) is 0.629. The van der Waals surface area contributed by atoms with Crippen molar-refractivity contribution < 1.29 is 40.1 Å². The minimum Gasteiger partial charge on any atom is -0.544 e. The number of ether oxygens (including phenoxy) is 2. The molecule has 3 nitrogen and oxygen atoms in total. The normalized spacial score (nSPS) is 25.0. The average Bonchev–Trinajstić information content (AvgIpc) is 2.14. The molecule has 9 heavy (non-hydrogen) atoms. The number of esters is 1. The van der Waals surface area contributed by atoms with Crippen LogP contribution in [0.15, 0.2) is 0 Å². The SMILES string of the molecule is [CH2-]OC1CCOC1=O.[Sc]. The summed E-state index contributed by atoms with van der Waals surface area (Å²) in [7, 11) is 3.12. The van der Waals surface area contributed by atoms with Gasteiger partial charge >= 0.3 is 5.97 Å². The predicted molar refractivity (Wildman–Crippen MR) is 25.8 cm³/mol. The molecular weight excluding hydrogens is 153 g/mol. The molecule has 1 saturated heterocycles. The Morgan fingerprint density at radius 3 is 2.67 bits per heavy atom. The molecule has 0 N–H and O–H groups in total. The Morgan fingerprint density at radius 2 is 2.44 bits per heavy atom. The largest absolute Gasteiger partial charge is 0.544 e. The molecule has 1 aliphatic rings. The zero-order chi connectivity index (χ0) is 5.98. The molecule has 0 aromatic heterocycles. The Hall–Kier alpha value is 0.300. The zero-order valence-corrected chi connectivity index (χ0v) is 6.80. The summed E-state index contributed by atoms with van der Waals surface area (Å²) in [5, 5.41) is 0. The van der Waals surface area contributed by atoms with Gasteiger partial charge in [0.15, 0.2) is 0 Å². The van der Waals surface area contributed by atoms with Crippen LogP contribution in [-0.4, -0.2) is 18.7 Å². The van der Waals surface area contributed by atoms with Crippen molar-refractivity contribution in [3.8, 4) is 0 Å². The third kappa shape index (κ3) is 2.18. The molecule has 0 bridgehead atoms. The Kier molecular flexibility index (Phi) is 4.31. The van der Waals surface area contributed by atoms with Gasteiger partial charge in [-0.15, -0.1) is 0 Å². The monoisotopic (exact) mass is 160 g/mol. The maximum absolute atomic E-state index is 10.4. The van der Waals surface area contributed by atoms with E-state index in [9.17, 15) is 4.79 Å². The van der Waals surface area contributed by atoms with Crippen LogP contribution in [0.5, 0.6) is 0 Å². The summed E-state index contributed by atoms with van der Waals surface area (Å²) in [5.74, 6) is -0.292. The van der Waals surface area contributed by atoms with E-state index in [-0.39, 0.29) is 31.8 Å². The molecule has 1 aliphatic heterocycles. The summed E-state index contributed by atoms with van der Waals surface area (Å²) in [4.78, 5) is 10.4. The molecule has 49 valence electrons. The van der Waals surface area contributed by atoms with Gasteiger partial charge in [0.05, 0.1) is 6.61 Å². The first-order valence-corrected chi connectivity index (χ1v) is 2.42. The Morgan fingerprint density at radius 1 is 1.78 bits per heavy atom. The van der Waals surface area contributed by atoms with E-state index in [2.05, 4.69) is 16.6 Å². The first-order valence-electron chi connectivity index (χ1n) is 2.42. The van der Waals surface area contributed by atoms with Gasteiger partial charge in [-0.05, 0) is 0 Å². The molecule has 1 radical (unpaired) electrons. The molecule has 0 aliphatic carbocycles. The van der Waals surface area contributed by atoms with Crippen LogP contribution in [-0.2, 0) is 40.1 Å². The summed E-state index contributed by atoms with van der Waals surface area (Å²) in [5.41, 5.74) is 0. The van der Waals surface area contributed by atoms with Crippen LogP contribution >= 0.6 is 0 Å². The van der Waals surface area contributed by atoms with Gasteiger partial charge in [0.25, 0.3) is 0 Å². The van der Waals surface area contributed by atoms with Crippen LogP contribution in [0.25, 0.3) is 0 Å². The van der Waals surface area contributed by atoms with Gasteiger partial charge in [-0.1, -0.05) is 0 Å². The van der Waals surface area contributed by atoms with Gasteiger partial charge in [-0.2, -0.15) is 0 Å². The summed E-state index contributed by atoms with van der Waals surface area (Å²) < 4.78 is 9.05. The van der Waals surface area contributed by atoms with E-state index < -0.39 is 6.10 Å². The van der Waals surface area contributed by atoms with Crippen LogP contribution in [0.4, 0.5) is 0 Å². The second-order valence-electron chi connectivity index (χ2n) is 1.61. The first kappa shape index (κ1) is 9.30. The minimum absolute atomic E-state index is 0. The van der Waals surface area contributed by atoms with E-state index in [1.807, 2.05) is 0 Å². The standard InChI is InChI=1S/C5H7O3.Sc/c1-7-4-2-3-8-5(4)6;/h4H,1-3H2;/q-1;. The van der Waals surface area contributed by atoms with Crippen molar-refractivity contribution >= 4 is 5.97 Å². The van der Waals surface area contributed by atoms with E-state index in [0.29, 0.717) is 13.0 Å². The number of cyclic esters (lactones) is 1. The molecule has 1 heterocycles. The van der Waals surface area contributed by atoms with Gasteiger partial charge in [0.2, 0.25) is 0 Å². The molecule has 0 amide bonds. The average molecular weight is 160 g/mol. The predicted octanol–water partition coefficient (Wildman–Crippen LogP) is 0.108. The van der Waals surface area contributed by atoms with Crippen molar-refractivity contribution in [2.75, 3.05) is 6.61 Å². The fourth-order valence-electron chi connectivity index (χ4n) is 0.629. The van der Waals surface area contributed by atoms with Crippen molar-refractivity contribution in [3.63, 3.8) is 0 Å². The van der Waals surface area contributed by atoms with Gasteiger partial charge < -0.3 is 9.47 Å². The Labute approximate surface area is 72.5 Å². The molecule has 0 aromatic carbocycles. The molecule has 1 fully saturated rings. The smallest absolute Gasteiger partial charge is 0.332 e. The second kappa shape index (κ2) is 4.17. The number of carbonyl (C=O) groups excluding carboxylic acids is 1. The molecule has 0 spiro atoms. The number of carbonyl (C=O) groups is 1. The maximum atomic E-state index is 10.4. The molecule has 4 heteroatoms. The summed E-state index contributed by atoms with van der Waals surface area (Å²) in [6, 6.07) is 0. The van der Waals surface area contributed by atoms with Crippen LogP contribution in [0.2, 0.25) is 0 Å². The van der Waals surface area contributed by atoms with Crippen molar-refractivity contribution in [2.24, 2.45) is 0 Å². The van der Waals surface area contributed by atoms with Crippen molar-refractivity contribution in [2.45, 2.75) is 12.5 Å². The summed E-state index contributed by atoms with van der Waals surface area (Å²) >= 11 is 0. The Bertz CT molecular complexity index is 104. The Balaban J connectivity index is 0.000000640. The van der Waals surface area contributed by atoms with E-state index in [4.69, 9.17) is 0 Å². The summed E-state index contributed by atoms with van der Waals surface area (Å²) in [6.07, 6.45) is 0.234. The minimum atomic E-state index is -0.407. The molecule has 1 atom stereocenters. The van der Waals surface area contributed by atoms with Crippen molar-refractivity contribution in [3.05, 3.63) is 7.11 Å². The van der Waals surface area contributed by atoms with Gasteiger partial charge in [-0.3, -0.25) is 0 Å². The maximum Gasteiger partial charge on any atom is 0.332 e. The number of rotatable bonds is 1. The first-order chi connectivity index (χ1) is 3.84. The van der Waals surface area contributed by atoms with E-state index in [1.165, 1.54) is 0 Å². The molecule has 0 saturated carbocycles. The third-order valence-corrected chi connectivity index (χ3v) is 1.09. The van der Waals surface area contributed by atoms with Gasteiger partial charge in [-0.25, -0.2) is 11.9 Å². The molecular formula is C5H7O3Sc-. The number of hydrogen-bond acceptors (Lipinski definition) is 3. The van der Waals surface area contributed by atoms with Crippen molar-refractivity contribution in [1.29, 1.82) is 0 Å². The molecule has 0 aromatic rings. The fraction of sp³-hybridized carbons (Fsp3) is 0.600. The van der Waals surface area contributed by atoms with Crippen molar-refractivity contribution in [1.82, 2.24) is 0 Å². The third-order valence-electron chi connectivity index (χ3n) is 1.09. The van der Waals surface area contributed by atoms with Crippen LogP contribution < -0.4 is 0 Å². The molecule has 1 rings (SSSR count). The number of hydrogen-bond donors (Lipinski definition) is 0. The second-order valence-corrected chi connectivity index (χ2v) is 1.61. The van der Waals surface area contributed by atoms with Gasteiger partial charge in [0, 0.05) is 32.3 Å².